The highest BCUT2D eigenvalue weighted by atomic mass is 31.2. The number of phosphoric acid groups is 1. The van der Waals surface area contributed by atoms with Crippen LogP contribution in [0.3, 0.4) is 0 Å². The number of aliphatic hydroxyl groups is 1. The molecule has 0 aromatic rings. The maximum absolute atomic E-state index is 12.7. The summed E-state index contributed by atoms with van der Waals surface area (Å²) < 4.78 is 33.9. The molecular weight excluding hydrogens is 838 g/mol. The van der Waals surface area contributed by atoms with Gasteiger partial charge in [-0.05, 0) is 70.6 Å². The standard InChI is InChI=1S/C54H94NO9P/c1-6-8-10-11-12-13-14-15-16-17-18-19-20-21-22-25-29-32-35-38-42-46-54(58)64-52(50-63-65(59,60)62-48-47-55(3,4)5)49-61-53(57)45-41-37-34-31-28-26-23-24-27-30-33-36-40-44-51(56)43-39-9-7-2/h9,15-16,24,26-28,33-34,36-37,39-40,44,51-52,56H,6-8,10-14,17-23,25,29-32,35,38,41-43,45-50H2,1-5H3/b16-15-,27-24-,28-26-,36-33+,37-34-,39-9-,44-40+/t51?,52-/m1/s1. The predicted molar refractivity (Wildman–Crippen MR) is 269 cm³/mol. The molecule has 0 aromatic heterocycles. The molecule has 0 saturated heterocycles. The zero-order chi connectivity index (χ0) is 48.0. The van der Waals surface area contributed by atoms with Crippen molar-refractivity contribution in [1.29, 1.82) is 0 Å². The molecule has 0 aliphatic heterocycles. The summed E-state index contributed by atoms with van der Waals surface area (Å²) in [6.07, 6.45) is 55.3. The summed E-state index contributed by atoms with van der Waals surface area (Å²) in [5.74, 6) is -0.957. The number of unbranched alkanes of at least 4 members (excludes halogenated alkanes) is 17. The highest BCUT2D eigenvalue weighted by Gasteiger charge is 2.21. The number of ether oxygens (including phenoxy) is 2. The molecule has 0 rings (SSSR count). The third-order valence-electron chi connectivity index (χ3n) is 10.5. The van der Waals surface area contributed by atoms with Gasteiger partial charge in [-0.25, -0.2) is 0 Å². The summed E-state index contributed by atoms with van der Waals surface area (Å²) in [5.41, 5.74) is 0. The summed E-state index contributed by atoms with van der Waals surface area (Å²) in [4.78, 5) is 37.7. The normalized spacial score (nSPS) is 14.6. The van der Waals surface area contributed by atoms with Gasteiger partial charge in [-0.1, -0.05) is 189 Å². The number of likely N-dealkylation sites (N-methyl/N-ethyl adjacent to an activating group) is 1. The number of aliphatic hydroxyl groups excluding tert-OH is 1. The fraction of sp³-hybridized carbons (Fsp3) is 0.704. The van der Waals surface area contributed by atoms with Crippen molar-refractivity contribution in [2.24, 2.45) is 0 Å². The van der Waals surface area contributed by atoms with Gasteiger partial charge in [0.25, 0.3) is 7.82 Å². The monoisotopic (exact) mass is 932 g/mol. The first-order valence-electron chi connectivity index (χ1n) is 25.4. The number of hydrogen-bond acceptors (Lipinski definition) is 9. The summed E-state index contributed by atoms with van der Waals surface area (Å²) in [7, 11) is 1.09. The zero-order valence-corrected chi connectivity index (χ0v) is 42.7. The second-order valence-corrected chi connectivity index (χ2v) is 19.4. The van der Waals surface area contributed by atoms with E-state index >= 15 is 0 Å². The van der Waals surface area contributed by atoms with Crippen molar-refractivity contribution < 1.29 is 47.2 Å². The second kappa shape index (κ2) is 45.0. The van der Waals surface area contributed by atoms with Crippen LogP contribution in [0.2, 0.25) is 0 Å². The van der Waals surface area contributed by atoms with Crippen LogP contribution in [-0.2, 0) is 32.7 Å². The van der Waals surface area contributed by atoms with Crippen LogP contribution >= 0.6 is 7.82 Å². The Balaban J connectivity index is 4.41. The lowest BCUT2D eigenvalue weighted by atomic mass is 10.0. The van der Waals surface area contributed by atoms with Crippen LogP contribution in [0.1, 0.15) is 187 Å². The van der Waals surface area contributed by atoms with Crippen LogP contribution in [0.4, 0.5) is 0 Å². The van der Waals surface area contributed by atoms with Crippen molar-refractivity contribution in [3.63, 3.8) is 0 Å². The van der Waals surface area contributed by atoms with Crippen molar-refractivity contribution in [1.82, 2.24) is 0 Å². The minimum absolute atomic E-state index is 0.0524. The van der Waals surface area contributed by atoms with Gasteiger partial charge in [0.05, 0.1) is 33.9 Å². The van der Waals surface area contributed by atoms with E-state index in [0.29, 0.717) is 30.3 Å². The van der Waals surface area contributed by atoms with Gasteiger partial charge >= 0.3 is 11.9 Å². The molecule has 65 heavy (non-hydrogen) atoms. The minimum Gasteiger partial charge on any atom is -0.756 e. The molecule has 10 nitrogen and oxygen atoms in total. The van der Waals surface area contributed by atoms with E-state index in [4.69, 9.17) is 18.5 Å². The number of hydrogen-bond donors (Lipinski definition) is 1. The first-order chi connectivity index (χ1) is 31.4. The second-order valence-electron chi connectivity index (χ2n) is 18.0. The molecule has 0 bridgehead atoms. The van der Waals surface area contributed by atoms with E-state index in [2.05, 4.69) is 56.4 Å². The Hall–Kier alpha value is -2.85. The Morgan fingerprint density at radius 3 is 1.68 bits per heavy atom. The van der Waals surface area contributed by atoms with Crippen LogP contribution in [-0.4, -0.2) is 81.2 Å². The van der Waals surface area contributed by atoms with Gasteiger partial charge in [0, 0.05) is 12.8 Å². The SMILES string of the molecule is CC/C=C\CC(O)/C=C/C=C/C/C=C\C/C=C\C/C=C\CCC(=O)OC[C@H](COP(=O)([O-])OCC[N+](C)(C)C)OC(=O)CCCCCCCCCCCCC/C=C\CCCCCCCC. The van der Waals surface area contributed by atoms with Crippen LogP contribution < -0.4 is 4.89 Å². The number of nitrogens with zero attached hydrogens (tertiary/aromatic N) is 1. The number of allylic oxidation sites excluding steroid dienone is 12. The Morgan fingerprint density at radius 2 is 1.11 bits per heavy atom. The summed E-state index contributed by atoms with van der Waals surface area (Å²) in [6.45, 7) is 3.92. The Morgan fingerprint density at radius 1 is 0.585 bits per heavy atom. The van der Waals surface area contributed by atoms with E-state index in [1.807, 2.05) is 57.6 Å². The number of carbonyl (C=O) groups excluding carboxylic acids is 2. The summed E-state index contributed by atoms with van der Waals surface area (Å²) >= 11 is 0. The minimum atomic E-state index is -4.66. The molecule has 3 atom stereocenters. The van der Waals surface area contributed by atoms with Crippen molar-refractivity contribution in [3.05, 3.63) is 85.1 Å². The molecule has 0 aromatic carbocycles. The quantitative estimate of drug-likeness (QED) is 0.0158. The molecule has 0 spiro atoms. The average molecular weight is 932 g/mol. The maximum Gasteiger partial charge on any atom is 0.306 e. The van der Waals surface area contributed by atoms with Gasteiger partial charge in [0.15, 0.2) is 6.10 Å². The highest BCUT2D eigenvalue weighted by molar-refractivity contribution is 7.45. The van der Waals surface area contributed by atoms with Crippen molar-refractivity contribution in [3.8, 4) is 0 Å². The Bertz CT molecular complexity index is 1390. The number of quaternary nitrogens is 1. The van der Waals surface area contributed by atoms with Gasteiger partial charge in [-0.3, -0.25) is 14.2 Å². The number of esters is 2. The predicted octanol–water partition coefficient (Wildman–Crippen LogP) is 13.5. The maximum atomic E-state index is 12.7. The highest BCUT2D eigenvalue weighted by Crippen LogP contribution is 2.38. The number of rotatable bonds is 45. The van der Waals surface area contributed by atoms with Crippen LogP contribution in [0.25, 0.3) is 0 Å². The molecule has 2 unspecified atom stereocenters. The number of carbonyl (C=O) groups is 2. The molecule has 0 heterocycles. The molecule has 0 saturated carbocycles. The fourth-order valence-corrected chi connectivity index (χ4v) is 7.25. The first kappa shape index (κ1) is 62.1. The Kier molecular flexibility index (Phi) is 43.0. The molecule has 0 radical (unpaired) electrons. The largest absolute Gasteiger partial charge is 0.756 e. The number of phosphoric ester groups is 1. The third kappa shape index (κ3) is 48.9. The fourth-order valence-electron chi connectivity index (χ4n) is 6.52. The first-order valence-corrected chi connectivity index (χ1v) is 26.9. The van der Waals surface area contributed by atoms with E-state index in [1.54, 1.807) is 6.08 Å². The van der Waals surface area contributed by atoms with Crippen molar-refractivity contribution >= 4 is 19.8 Å². The molecule has 0 amide bonds. The van der Waals surface area contributed by atoms with Crippen molar-refractivity contribution in [2.75, 3.05) is 47.5 Å². The third-order valence-corrected chi connectivity index (χ3v) is 11.5. The van der Waals surface area contributed by atoms with Gasteiger partial charge in [0.1, 0.15) is 19.8 Å². The van der Waals surface area contributed by atoms with Crippen LogP contribution in [0.15, 0.2) is 85.1 Å². The van der Waals surface area contributed by atoms with Crippen LogP contribution in [0.5, 0.6) is 0 Å². The van der Waals surface area contributed by atoms with Gasteiger partial charge in [-0.2, -0.15) is 0 Å². The van der Waals surface area contributed by atoms with Gasteiger partial charge in [-0.15, -0.1) is 0 Å². The zero-order valence-electron chi connectivity index (χ0n) is 41.8. The van der Waals surface area contributed by atoms with Gasteiger partial charge in [0.2, 0.25) is 0 Å². The lowest BCUT2D eigenvalue weighted by molar-refractivity contribution is -0.870. The van der Waals surface area contributed by atoms with Crippen LogP contribution in [0, 0.1) is 0 Å². The van der Waals surface area contributed by atoms with E-state index in [9.17, 15) is 24.2 Å². The van der Waals surface area contributed by atoms with Crippen molar-refractivity contribution in [2.45, 2.75) is 199 Å². The summed E-state index contributed by atoms with van der Waals surface area (Å²) in [5, 5.41) is 9.86. The molecule has 1 N–H and O–H groups in total. The Labute approximate surface area is 397 Å². The van der Waals surface area contributed by atoms with E-state index in [1.165, 1.54) is 96.3 Å². The van der Waals surface area contributed by atoms with E-state index < -0.39 is 38.6 Å². The van der Waals surface area contributed by atoms with Gasteiger partial charge < -0.3 is 33.0 Å². The molecule has 0 aliphatic rings. The van der Waals surface area contributed by atoms with E-state index in [-0.39, 0.29) is 26.1 Å². The lowest BCUT2D eigenvalue weighted by Gasteiger charge is -2.28. The average Bonchev–Trinajstić information content (AvgIpc) is 3.26. The molecule has 0 fully saturated rings. The molecule has 374 valence electrons. The molecule has 11 heteroatoms. The van der Waals surface area contributed by atoms with E-state index in [0.717, 1.165) is 44.9 Å². The smallest absolute Gasteiger partial charge is 0.306 e. The molecule has 0 aliphatic carbocycles. The molecular formula is C54H94NO9P. The topological polar surface area (TPSA) is 131 Å². The summed E-state index contributed by atoms with van der Waals surface area (Å²) in [6, 6.07) is 0. The lowest BCUT2D eigenvalue weighted by Crippen LogP contribution is -2.37.